The molecule has 0 saturated carbocycles. The molecule has 0 fully saturated rings. The summed E-state index contributed by atoms with van der Waals surface area (Å²) in [5.41, 5.74) is -0.308. The van der Waals surface area contributed by atoms with Crippen molar-refractivity contribution in [3.05, 3.63) is 40.8 Å². The summed E-state index contributed by atoms with van der Waals surface area (Å²) in [5.74, 6) is -0.00299. The quantitative estimate of drug-likeness (QED) is 0.148. The third-order valence-electron chi connectivity index (χ3n) is 5.58. The molecule has 0 aliphatic heterocycles. The average molecular weight is 451 g/mol. The van der Waals surface area contributed by atoms with Gasteiger partial charge >= 0.3 is 15.7 Å². The maximum atomic E-state index is 12.3. The van der Waals surface area contributed by atoms with Gasteiger partial charge in [0, 0.05) is 0 Å². The number of fused-ring (bicyclic) bond motifs is 1. The molecule has 0 aliphatic carbocycles. The smallest absolute Gasteiger partial charge is 0.340 e. The number of hydrogen-bond acceptors (Lipinski definition) is 5. The van der Waals surface area contributed by atoms with Crippen LogP contribution < -0.4 is 9.81 Å². The SMILES string of the molecule is CCCCCCCCCCCCCCCCS(=O)(=O)Oc1cc(=O)oc2ccccc12. The Balaban J connectivity index is 1.56. The molecule has 0 saturated heterocycles. The molecule has 0 radical (unpaired) electrons. The molecule has 0 N–H and O–H groups in total. The maximum Gasteiger partial charge on any atom is 0.340 e. The molecule has 0 bridgehead atoms. The van der Waals surface area contributed by atoms with Gasteiger partial charge in [0.2, 0.25) is 0 Å². The molecule has 31 heavy (non-hydrogen) atoms. The van der Waals surface area contributed by atoms with Crippen LogP contribution in [-0.4, -0.2) is 14.2 Å². The zero-order valence-electron chi connectivity index (χ0n) is 18.9. The first kappa shape index (κ1) is 25.4. The highest BCUT2D eigenvalue weighted by molar-refractivity contribution is 7.87. The zero-order chi connectivity index (χ0) is 22.4. The van der Waals surface area contributed by atoms with Crippen LogP contribution in [0, 0.1) is 0 Å². The van der Waals surface area contributed by atoms with E-state index in [2.05, 4.69) is 6.92 Å². The van der Waals surface area contributed by atoms with Crippen molar-refractivity contribution in [2.24, 2.45) is 0 Å². The number of hydrogen-bond donors (Lipinski definition) is 0. The summed E-state index contributed by atoms with van der Waals surface area (Å²) in [4.78, 5) is 11.6. The summed E-state index contributed by atoms with van der Waals surface area (Å²) in [7, 11) is -3.74. The summed E-state index contributed by atoms with van der Waals surface area (Å²) >= 11 is 0. The second-order valence-corrected chi connectivity index (χ2v) is 10.1. The Morgan fingerprint density at radius 1 is 0.774 bits per heavy atom. The fraction of sp³-hybridized carbons (Fsp3) is 0.640. The van der Waals surface area contributed by atoms with Crippen molar-refractivity contribution in [2.75, 3.05) is 5.75 Å². The first-order valence-corrected chi connectivity index (χ1v) is 13.5. The van der Waals surface area contributed by atoms with Crippen molar-refractivity contribution >= 4 is 21.1 Å². The van der Waals surface area contributed by atoms with E-state index < -0.39 is 15.7 Å². The van der Waals surface area contributed by atoms with E-state index in [4.69, 9.17) is 8.60 Å². The van der Waals surface area contributed by atoms with Crippen molar-refractivity contribution in [3.8, 4) is 5.75 Å². The standard InChI is InChI=1S/C25H38O5S/c1-2-3-4-5-6-7-8-9-10-11-12-13-14-17-20-31(27,28)30-24-21-25(26)29-23-19-16-15-18-22(23)24/h15-16,18-19,21H,2-14,17,20H2,1H3. The Bertz CT molecular complexity index is 917. The number of unbranched alkanes of at least 4 members (excludes halogenated alkanes) is 13. The van der Waals surface area contributed by atoms with Gasteiger partial charge in [-0.1, -0.05) is 103 Å². The predicted octanol–water partition coefficient (Wildman–Crippen LogP) is 6.98. The van der Waals surface area contributed by atoms with Gasteiger partial charge in [-0.15, -0.1) is 0 Å². The van der Waals surface area contributed by atoms with E-state index in [0.717, 1.165) is 25.3 Å². The Morgan fingerprint density at radius 2 is 1.29 bits per heavy atom. The average Bonchev–Trinajstić information content (AvgIpc) is 2.73. The van der Waals surface area contributed by atoms with Crippen molar-refractivity contribution in [1.29, 1.82) is 0 Å². The second-order valence-electron chi connectivity index (χ2n) is 8.37. The summed E-state index contributed by atoms with van der Waals surface area (Å²) < 4.78 is 34.9. The highest BCUT2D eigenvalue weighted by Gasteiger charge is 2.16. The Labute approximate surface area is 187 Å². The van der Waals surface area contributed by atoms with E-state index in [1.807, 2.05) is 0 Å². The summed E-state index contributed by atoms with van der Waals surface area (Å²) in [6, 6.07) is 7.85. The van der Waals surface area contributed by atoms with E-state index in [-0.39, 0.29) is 11.5 Å². The Kier molecular flexibility index (Phi) is 11.7. The van der Waals surface area contributed by atoms with Crippen LogP contribution in [0.3, 0.4) is 0 Å². The minimum absolute atomic E-state index is 0.0391. The van der Waals surface area contributed by atoms with E-state index >= 15 is 0 Å². The Hall–Kier alpha value is -1.82. The minimum atomic E-state index is -3.74. The predicted molar refractivity (Wildman–Crippen MR) is 127 cm³/mol. The van der Waals surface area contributed by atoms with Crippen LogP contribution in [0.4, 0.5) is 0 Å². The van der Waals surface area contributed by atoms with Gasteiger partial charge in [0.25, 0.3) is 0 Å². The van der Waals surface area contributed by atoms with Gasteiger partial charge < -0.3 is 8.60 Å². The van der Waals surface area contributed by atoms with E-state index in [0.29, 0.717) is 17.4 Å². The fourth-order valence-electron chi connectivity index (χ4n) is 3.80. The molecule has 0 atom stereocenters. The molecule has 2 aromatic rings. The number of benzene rings is 1. The highest BCUT2D eigenvalue weighted by atomic mass is 32.2. The summed E-state index contributed by atoms with van der Waals surface area (Å²) in [6.07, 6.45) is 17.0. The van der Waals surface area contributed by atoms with Crippen LogP contribution in [0.1, 0.15) is 96.8 Å². The van der Waals surface area contributed by atoms with Crippen LogP contribution in [0.2, 0.25) is 0 Å². The number of para-hydroxylation sites is 1. The van der Waals surface area contributed by atoms with Crippen LogP contribution in [0.15, 0.2) is 39.5 Å². The van der Waals surface area contributed by atoms with Crippen molar-refractivity contribution in [1.82, 2.24) is 0 Å². The van der Waals surface area contributed by atoms with Gasteiger partial charge in [0.05, 0.1) is 17.2 Å². The molecule has 6 heteroatoms. The molecule has 0 spiro atoms. The molecule has 1 aromatic carbocycles. The van der Waals surface area contributed by atoms with Crippen LogP contribution >= 0.6 is 0 Å². The van der Waals surface area contributed by atoms with Gasteiger partial charge in [0.1, 0.15) is 5.58 Å². The zero-order valence-corrected chi connectivity index (χ0v) is 19.8. The molecular weight excluding hydrogens is 412 g/mol. The lowest BCUT2D eigenvalue weighted by Crippen LogP contribution is -2.15. The summed E-state index contributed by atoms with van der Waals surface area (Å²) in [6.45, 7) is 2.25. The largest absolute Gasteiger partial charge is 0.422 e. The Morgan fingerprint density at radius 3 is 1.87 bits per heavy atom. The van der Waals surface area contributed by atoms with Gasteiger partial charge in [-0.05, 0) is 18.6 Å². The lowest BCUT2D eigenvalue weighted by Gasteiger charge is -2.08. The summed E-state index contributed by atoms with van der Waals surface area (Å²) in [5, 5.41) is 0.478. The third kappa shape index (κ3) is 10.4. The molecule has 1 heterocycles. The monoisotopic (exact) mass is 450 g/mol. The topological polar surface area (TPSA) is 73.6 Å². The van der Waals surface area contributed by atoms with Gasteiger partial charge in [-0.3, -0.25) is 0 Å². The molecule has 1 aromatic heterocycles. The molecule has 174 valence electrons. The van der Waals surface area contributed by atoms with Gasteiger partial charge in [-0.2, -0.15) is 8.42 Å². The second kappa shape index (κ2) is 14.3. The highest BCUT2D eigenvalue weighted by Crippen LogP contribution is 2.25. The molecule has 0 amide bonds. The van der Waals surface area contributed by atoms with Gasteiger partial charge in [-0.25, -0.2) is 4.79 Å². The van der Waals surface area contributed by atoms with Crippen molar-refractivity contribution in [3.63, 3.8) is 0 Å². The normalized spacial score (nSPS) is 11.8. The van der Waals surface area contributed by atoms with Gasteiger partial charge in [0.15, 0.2) is 5.75 Å². The third-order valence-corrected chi connectivity index (χ3v) is 6.80. The lowest BCUT2D eigenvalue weighted by atomic mass is 10.0. The number of rotatable bonds is 17. The molecular formula is C25H38O5S. The van der Waals surface area contributed by atoms with Crippen molar-refractivity contribution in [2.45, 2.75) is 96.8 Å². The molecule has 0 aliphatic rings. The fourth-order valence-corrected chi connectivity index (χ4v) is 4.86. The van der Waals surface area contributed by atoms with E-state index in [1.54, 1.807) is 24.3 Å². The van der Waals surface area contributed by atoms with Crippen LogP contribution in [-0.2, 0) is 10.1 Å². The first-order valence-electron chi connectivity index (χ1n) is 12.0. The molecule has 0 unspecified atom stereocenters. The first-order chi connectivity index (χ1) is 15.0. The minimum Gasteiger partial charge on any atom is -0.422 e. The van der Waals surface area contributed by atoms with Crippen LogP contribution in [0.5, 0.6) is 5.75 Å². The van der Waals surface area contributed by atoms with Crippen molar-refractivity contribution < 1.29 is 17.0 Å². The van der Waals surface area contributed by atoms with E-state index in [9.17, 15) is 13.2 Å². The molecule has 2 rings (SSSR count). The maximum absolute atomic E-state index is 12.3. The molecule has 5 nitrogen and oxygen atoms in total. The van der Waals surface area contributed by atoms with E-state index in [1.165, 1.54) is 64.2 Å². The lowest BCUT2D eigenvalue weighted by molar-refractivity contribution is 0.477. The van der Waals surface area contributed by atoms with Crippen LogP contribution in [0.25, 0.3) is 11.0 Å².